The van der Waals surface area contributed by atoms with Gasteiger partial charge in [0.05, 0.1) is 17.6 Å². The molecule has 0 radical (unpaired) electrons. The third-order valence-electron chi connectivity index (χ3n) is 6.81. The molecule has 166 valence electrons. The minimum absolute atomic E-state index is 0.108. The van der Waals surface area contributed by atoms with Crippen molar-refractivity contribution < 1.29 is 9.59 Å². The average Bonchev–Trinajstić information content (AvgIpc) is 3.16. The van der Waals surface area contributed by atoms with Crippen LogP contribution < -0.4 is 5.32 Å². The van der Waals surface area contributed by atoms with Gasteiger partial charge in [-0.1, -0.05) is 55.1 Å². The van der Waals surface area contributed by atoms with E-state index in [0.29, 0.717) is 17.4 Å². The van der Waals surface area contributed by atoms with E-state index in [-0.39, 0.29) is 24.4 Å². The molecule has 32 heavy (non-hydrogen) atoms. The fourth-order valence-corrected chi connectivity index (χ4v) is 5.20. The monoisotopic (exact) mass is 450 g/mol. The van der Waals surface area contributed by atoms with Crippen molar-refractivity contribution in [3.05, 3.63) is 64.9 Å². The first-order valence-electron chi connectivity index (χ1n) is 11.3. The van der Waals surface area contributed by atoms with E-state index in [4.69, 9.17) is 11.6 Å². The Balaban J connectivity index is 1.55. The number of carbonyl (C=O) groups is 2. The smallest absolute Gasteiger partial charge is 0.291 e. The number of nitrogens with zero attached hydrogens (tertiary/aromatic N) is 3. The van der Waals surface area contributed by atoms with Gasteiger partial charge in [0, 0.05) is 17.6 Å². The Kier molecular flexibility index (Phi) is 5.41. The molecule has 2 heterocycles. The number of hydrogen-bond acceptors (Lipinski definition) is 3. The largest absolute Gasteiger partial charge is 0.351 e. The number of hydrogen-bond donors (Lipinski definition) is 1. The van der Waals surface area contributed by atoms with Crippen LogP contribution in [-0.4, -0.2) is 37.8 Å². The van der Waals surface area contributed by atoms with E-state index < -0.39 is 5.54 Å². The highest BCUT2D eigenvalue weighted by Crippen LogP contribution is 2.32. The van der Waals surface area contributed by atoms with E-state index in [0.717, 1.165) is 42.3 Å². The van der Waals surface area contributed by atoms with Crippen LogP contribution in [0.1, 0.15) is 55.2 Å². The maximum atomic E-state index is 13.7. The van der Waals surface area contributed by atoms with Gasteiger partial charge in [-0.2, -0.15) is 0 Å². The summed E-state index contributed by atoms with van der Waals surface area (Å²) in [6.45, 7) is 2.51. The summed E-state index contributed by atoms with van der Waals surface area (Å²) in [4.78, 5) is 33.7. The van der Waals surface area contributed by atoms with Crippen LogP contribution >= 0.6 is 11.6 Å². The van der Waals surface area contributed by atoms with Crippen molar-refractivity contribution in [3.8, 4) is 0 Å². The molecule has 0 bridgehead atoms. The molecular weight excluding hydrogens is 424 g/mol. The molecule has 7 heteroatoms. The lowest BCUT2D eigenvalue weighted by atomic mass is 9.91. The number of halogens is 1. The molecule has 2 aromatic carbocycles. The van der Waals surface area contributed by atoms with Gasteiger partial charge in [0.25, 0.3) is 5.91 Å². The van der Waals surface area contributed by atoms with Crippen molar-refractivity contribution in [1.82, 2.24) is 19.8 Å². The predicted octanol–water partition coefficient (Wildman–Crippen LogP) is 4.55. The number of aromatic nitrogens is 2. The van der Waals surface area contributed by atoms with Crippen LogP contribution in [-0.2, 0) is 17.9 Å². The van der Waals surface area contributed by atoms with Crippen LogP contribution in [0.25, 0.3) is 11.0 Å². The van der Waals surface area contributed by atoms with Crippen molar-refractivity contribution in [2.75, 3.05) is 0 Å². The Bertz CT molecular complexity index is 1180. The maximum Gasteiger partial charge on any atom is 0.291 e. The van der Waals surface area contributed by atoms with E-state index >= 15 is 0 Å². The van der Waals surface area contributed by atoms with E-state index in [2.05, 4.69) is 10.3 Å². The van der Waals surface area contributed by atoms with Crippen molar-refractivity contribution in [2.45, 2.75) is 63.7 Å². The molecule has 6 nitrogen and oxygen atoms in total. The summed E-state index contributed by atoms with van der Waals surface area (Å²) < 4.78 is 1.90. The number of para-hydroxylation sites is 2. The lowest BCUT2D eigenvalue weighted by Crippen LogP contribution is -2.64. The molecule has 2 aliphatic rings. The third-order valence-corrected chi connectivity index (χ3v) is 7.05. The first kappa shape index (κ1) is 21.0. The number of nitrogens with one attached hydrogen (secondary N) is 1. The molecule has 0 saturated heterocycles. The van der Waals surface area contributed by atoms with Crippen LogP contribution in [0.5, 0.6) is 0 Å². The van der Waals surface area contributed by atoms with Gasteiger partial charge in [0.15, 0.2) is 5.82 Å². The minimum atomic E-state index is -1.05. The normalized spacial score (nSPS) is 21.6. The van der Waals surface area contributed by atoms with Gasteiger partial charge in [-0.05, 0) is 49.6 Å². The van der Waals surface area contributed by atoms with Gasteiger partial charge in [0.1, 0.15) is 5.54 Å². The Labute approximate surface area is 192 Å². The molecule has 0 spiro atoms. The van der Waals surface area contributed by atoms with Crippen LogP contribution in [0.3, 0.4) is 0 Å². The summed E-state index contributed by atoms with van der Waals surface area (Å²) in [7, 11) is 0. The molecule has 1 aliphatic heterocycles. The van der Waals surface area contributed by atoms with Gasteiger partial charge in [-0.15, -0.1) is 0 Å². The molecular formula is C25H27ClN4O2. The van der Waals surface area contributed by atoms with Crippen molar-refractivity contribution >= 4 is 34.4 Å². The maximum absolute atomic E-state index is 13.7. The zero-order valence-corrected chi connectivity index (χ0v) is 18.9. The number of carbonyl (C=O) groups excluding carboxylic acids is 2. The van der Waals surface area contributed by atoms with E-state index in [1.807, 2.05) is 54.0 Å². The van der Waals surface area contributed by atoms with Crippen LogP contribution in [0.15, 0.2) is 48.5 Å². The molecule has 1 saturated carbocycles. The molecule has 5 rings (SSSR count). The topological polar surface area (TPSA) is 67.2 Å². The van der Waals surface area contributed by atoms with Gasteiger partial charge < -0.3 is 14.8 Å². The summed E-state index contributed by atoms with van der Waals surface area (Å²) >= 11 is 6.20. The zero-order chi connectivity index (χ0) is 22.3. The standard InChI is InChI=1S/C25H27ClN4O2/c1-25(24(32)27-19-10-3-2-4-11-19)16-29-21-13-6-5-12-20(21)28-22(29)23(31)30(25)15-17-8-7-9-18(26)14-17/h5-9,12-14,19H,2-4,10-11,15-16H2,1H3,(H,27,32). The summed E-state index contributed by atoms with van der Waals surface area (Å²) in [6, 6.07) is 15.3. The average molecular weight is 451 g/mol. The van der Waals surface area contributed by atoms with Gasteiger partial charge in [0.2, 0.25) is 5.91 Å². The van der Waals surface area contributed by atoms with E-state index in [1.165, 1.54) is 6.42 Å². The fourth-order valence-electron chi connectivity index (χ4n) is 4.98. The van der Waals surface area contributed by atoms with Crippen molar-refractivity contribution in [1.29, 1.82) is 0 Å². The third kappa shape index (κ3) is 3.66. The Hall–Kier alpha value is -2.86. The van der Waals surface area contributed by atoms with Crippen LogP contribution in [0, 0.1) is 0 Å². The predicted molar refractivity (Wildman–Crippen MR) is 124 cm³/mol. The fraction of sp³-hybridized carbons (Fsp3) is 0.400. The first-order valence-corrected chi connectivity index (χ1v) is 11.7. The SMILES string of the molecule is CC1(C(=O)NC2CCCCC2)Cn2c(nc3ccccc32)C(=O)N1Cc1cccc(Cl)c1. The lowest BCUT2D eigenvalue weighted by molar-refractivity contribution is -0.134. The second kappa shape index (κ2) is 8.24. The van der Waals surface area contributed by atoms with Gasteiger partial charge in [-0.25, -0.2) is 4.98 Å². The van der Waals surface area contributed by atoms with Crippen molar-refractivity contribution in [3.63, 3.8) is 0 Å². The Morgan fingerprint density at radius 3 is 2.72 bits per heavy atom. The summed E-state index contributed by atoms with van der Waals surface area (Å²) in [5.74, 6) is 0.0214. The van der Waals surface area contributed by atoms with Gasteiger partial charge in [-0.3, -0.25) is 9.59 Å². The zero-order valence-electron chi connectivity index (χ0n) is 18.2. The molecule has 3 aromatic rings. The highest BCUT2D eigenvalue weighted by atomic mass is 35.5. The minimum Gasteiger partial charge on any atom is -0.351 e. The molecule has 1 fully saturated rings. The van der Waals surface area contributed by atoms with Crippen molar-refractivity contribution in [2.24, 2.45) is 0 Å². The van der Waals surface area contributed by atoms with E-state index in [9.17, 15) is 9.59 Å². The second-order valence-electron chi connectivity index (χ2n) is 9.11. The number of amides is 2. The number of imidazole rings is 1. The van der Waals surface area contributed by atoms with Gasteiger partial charge >= 0.3 is 0 Å². The Morgan fingerprint density at radius 1 is 1.16 bits per heavy atom. The van der Waals surface area contributed by atoms with Crippen LogP contribution in [0.2, 0.25) is 5.02 Å². The molecule has 1 atom stereocenters. The van der Waals surface area contributed by atoms with E-state index in [1.54, 1.807) is 11.0 Å². The quantitative estimate of drug-likeness (QED) is 0.633. The summed E-state index contributed by atoms with van der Waals surface area (Å²) in [5, 5.41) is 3.86. The summed E-state index contributed by atoms with van der Waals surface area (Å²) in [6.07, 6.45) is 5.45. The summed E-state index contributed by atoms with van der Waals surface area (Å²) in [5.41, 5.74) is 1.46. The molecule has 2 amide bonds. The molecule has 1 aromatic heterocycles. The second-order valence-corrected chi connectivity index (χ2v) is 9.55. The molecule has 1 unspecified atom stereocenters. The van der Waals surface area contributed by atoms with Crippen LogP contribution in [0.4, 0.5) is 0 Å². The Morgan fingerprint density at radius 2 is 1.94 bits per heavy atom. The number of benzene rings is 2. The first-order chi connectivity index (χ1) is 15.5. The highest BCUT2D eigenvalue weighted by Gasteiger charge is 2.48. The number of fused-ring (bicyclic) bond motifs is 3. The molecule has 1 N–H and O–H groups in total. The molecule has 1 aliphatic carbocycles. The lowest BCUT2D eigenvalue weighted by Gasteiger charge is -2.44. The highest BCUT2D eigenvalue weighted by molar-refractivity contribution is 6.30. The number of rotatable bonds is 4.